The van der Waals surface area contributed by atoms with E-state index >= 15 is 0 Å². The van der Waals surface area contributed by atoms with Gasteiger partial charge in [0.25, 0.3) is 5.56 Å². The van der Waals surface area contributed by atoms with Gasteiger partial charge in [-0.1, -0.05) is 0 Å². The lowest BCUT2D eigenvalue weighted by atomic mass is 10.2. The van der Waals surface area contributed by atoms with Crippen molar-refractivity contribution >= 4 is 0 Å². The minimum Gasteiger partial charge on any atom is -0.508 e. The van der Waals surface area contributed by atoms with Gasteiger partial charge in [0.15, 0.2) is 11.6 Å². The molecular weight excluding hydrogens is 366 g/mol. The molecule has 0 unspecified atom stereocenters. The molecule has 1 aromatic heterocycles. The topological polar surface area (TPSA) is 51.5 Å². The standard InChI is InChI=1S/C19H13F4NO3/c1-10-4-14(27-9-11-2-3-12(20)5-15(11)21)8-18(26)24(10)19-16(22)6-13(25)7-17(19)23/h2-8,25H,9H2,1H3. The first-order valence-electron chi connectivity index (χ1n) is 7.75. The molecule has 4 nitrogen and oxygen atoms in total. The Balaban J connectivity index is 1.93. The van der Waals surface area contributed by atoms with Crippen LogP contribution in [0.15, 0.2) is 47.3 Å². The summed E-state index contributed by atoms with van der Waals surface area (Å²) < 4.78 is 60.7. The second-order valence-electron chi connectivity index (χ2n) is 5.79. The zero-order valence-electron chi connectivity index (χ0n) is 14.0. The summed E-state index contributed by atoms with van der Waals surface area (Å²) in [4.78, 5) is 12.3. The van der Waals surface area contributed by atoms with Gasteiger partial charge in [-0.3, -0.25) is 9.36 Å². The van der Waals surface area contributed by atoms with Crippen LogP contribution in [0.25, 0.3) is 5.69 Å². The molecule has 8 heteroatoms. The third-order valence-electron chi connectivity index (χ3n) is 3.82. The average Bonchev–Trinajstić information content (AvgIpc) is 2.55. The van der Waals surface area contributed by atoms with Crippen molar-refractivity contribution in [1.29, 1.82) is 0 Å². The van der Waals surface area contributed by atoms with E-state index in [9.17, 15) is 27.5 Å². The number of benzene rings is 2. The van der Waals surface area contributed by atoms with E-state index in [0.29, 0.717) is 18.2 Å². The highest BCUT2D eigenvalue weighted by Gasteiger charge is 2.17. The molecule has 0 amide bonds. The summed E-state index contributed by atoms with van der Waals surface area (Å²) in [5, 5.41) is 9.22. The van der Waals surface area contributed by atoms with Crippen molar-refractivity contribution in [2.45, 2.75) is 13.5 Å². The molecule has 0 bridgehead atoms. The number of hydrogen-bond acceptors (Lipinski definition) is 3. The van der Waals surface area contributed by atoms with Crippen molar-refractivity contribution < 1.29 is 27.4 Å². The molecule has 27 heavy (non-hydrogen) atoms. The Hall–Kier alpha value is -3.29. The van der Waals surface area contributed by atoms with Gasteiger partial charge in [0, 0.05) is 41.6 Å². The van der Waals surface area contributed by atoms with Gasteiger partial charge in [-0.05, 0) is 19.1 Å². The molecule has 0 aliphatic heterocycles. The molecule has 1 heterocycles. The van der Waals surface area contributed by atoms with Crippen LogP contribution in [0.2, 0.25) is 0 Å². The Morgan fingerprint density at radius 1 is 0.963 bits per heavy atom. The van der Waals surface area contributed by atoms with E-state index in [2.05, 4.69) is 0 Å². The monoisotopic (exact) mass is 379 g/mol. The SMILES string of the molecule is Cc1cc(OCc2ccc(F)cc2F)cc(=O)n1-c1c(F)cc(O)cc1F. The largest absolute Gasteiger partial charge is 0.508 e. The fourth-order valence-corrected chi connectivity index (χ4v) is 2.61. The normalized spacial score (nSPS) is 10.9. The maximum Gasteiger partial charge on any atom is 0.259 e. The van der Waals surface area contributed by atoms with Gasteiger partial charge in [0.1, 0.15) is 35.4 Å². The zero-order chi connectivity index (χ0) is 19.7. The van der Waals surface area contributed by atoms with Crippen LogP contribution in [0.5, 0.6) is 11.5 Å². The quantitative estimate of drug-likeness (QED) is 0.698. The van der Waals surface area contributed by atoms with Crippen molar-refractivity contribution in [2.75, 3.05) is 0 Å². The molecule has 0 aliphatic rings. The summed E-state index contributed by atoms with van der Waals surface area (Å²) in [6.45, 7) is 1.16. The highest BCUT2D eigenvalue weighted by Crippen LogP contribution is 2.24. The number of aromatic hydroxyl groups is 1. The molecule has 0 radical (unpaired) electrons. The van der Waals surface area contributed by atoms with Crippen LogP contribution in [0.1, 0.15) is 11.3 Å². The fraction of sp³-hybridized carbons (Fsp3) is 0.105. The predicted molar refractivity (Wildman–Crippen MR) is 89.0 cm³/mol. The molecule has 0 atom stereocenters. The Morgan fingerprint density at radius 2 is 1.63 bits per heavy atom. The lowest BCUT2D eigenvalue weighted by Crippen LogP contribution is -2.22. The van der Waals surface area contributed by atoms with Crippen molar-refractivity contribution in [3.63, 3.8) is 0 Å². The predicted octanol–water partition coefficient (Wildman–Crippen LogP) is 3.99. The number of phenols is 1. The summed E-state index contributed by atoms with van der Waals surface area (Å²) in [6.07, 6.45) is 0. The van der Waals surface area contributed by atoms with Crippen LogP contribution in [-0.4, -0.2) is 9.67 Å². The maximum atomic E-state index is 14.0. The van der Waals surface area contributed by atoms with Gasteiger partial charge in [-0.15, -0.1) is 0 Å². The molecule has 2 aromatic carbocycles. The number of halogens is 4. The molecule has 1 N–H and O–H groups in total. The van der Waals surface area contributed by atoms with E-state index in [1.807, 2.05) is 0 Å². The second kappa shape index (κ2) is 7.14. The van der Waals surface area contributed by atoms with Gasteiger partial charge in [-0.25, -0.2) is 17.6 Å². The molecule has 140 valence electrons. The first kappa shape index (κ1) is 18.5. The Morgan fingerprint density at radius 3 is 2.22 bits per heavy atom. The van der Waals surface area contributed by atoms with Crippen LogP contribution in [-0.2, 0) is 6.61 Å². The Kier molecular flexibility index (Phi) is 4.89. The molecule has 3 rings (SSSR count). The first-order valence-corrected chi connectivity index (χ1v) is 7.75. The molecule has 0 saturated carbocycles. The fourth-order valence-electron chi connectivity index (χ4n) is 2.61. The zero-order valence-corrected chi connectivity index (χ0v) is 14.0. The summed E-state index contributed by atoms with van der Waals surface area (Å²) in [5.74, 6) is -4.31. The summed E-state index contributed by atoms with van der Waals surface area (Å²) in [7, 11) is 0. The minimum absolute atomic E-state index is 0.0528. The molecule has 0 spiro atoms. The summed E-state index contributed by atoms with van der Waals surface area (Å²) >= 11 is 0. The van der Waals surface area contributed by atoms with Crippen molar-refractivity contribution in [3.05, 3.63) is 87.3 Å². The van der Waals surface area contributed by atoms with Crippen LogP contribution in [0, 0.1) is 30.2 Å². The Bertz CT molecular complexity index is 1060. The van der Waals surface area contributed by atoms with Gasteiger partial charge in [-0.2, -0.15) is 0 Å². The van der Waals surface area contributed by atoms with E-state index in [1.165, 1.54) is 19.1 Å². The highest BCUT2D eigenvalue weighted by atomic mass is 19.1. The van der Waals surface area contributed by atoms with Gasteiger partial charge in [0.2, 0.25) is 0 Å². The van der Waals surface area contributed by atoms with Crippen LogP contribution in [0.3, 0.4) is 0 Å². The van der Waals surface area contributed by atoms with Crippen LogP contribution >= 0.6 is 0 Å². The molecule has 0 aliphatic carbocycles. The number of aryl methyl sites for hydroxylation is 1. The maximum absolute atomic E-state index is 14.0. The second-order valence-corrected chi connectivity index (χ2v) is 5.79. The van der Waals surface area contributed by atoms with E-state index < -0.39 is 40.3 Å². The van der Waals surface area contributed by atoms with Crippen LogP contribution in [0.4, 0.5) is 17.6 Å². The van der Waals surface area contributed by atoms with E-state index in [0.717, 1.165) is 16.7 Å². The van der Waals surface area contributed by atoms with E-state index in [-0.39, 0.29) is 23.6 Å². The van der Waals surface area contributed by atoms with Crippen molar-refractivity contribution in [1.82, 2.24) is 4.57 Å². The number of rotatable bonds is 4. The van der Waals surface area contributed by atoms with E-state index in [1.54, 1.807) is 0 Å². The Labute approximate surface area is 150 Å². The molecule has 0 saturated heterocycles. The van der Waals surface area contributed by atoms with Gasteiger partial charge in [0.05, 0.1) is 0 Å². The van der Waals surface area contributed by atoms with Gasteiger partial charge < -0.3 is 9.84 Å². The van der Waals surface area contributed by atoms with Crippen molar-refractivity contribution in [3.8, 4) is 17.2 Å². The average molecular weight is 379 g/mol. The number of hydrogen-bond donors (Lipinski definition) is 1. The molecule has 0 fully saturated rings. The summed E-state index contributed by atoms with van der Waals surface area (Å²) in [6, 6.07) is 6.69. The van der Waals surface area contributed by atoms with E-state index in [4.69, 9.17) is 4.74 Å². The minimum atomic E-state index is -1.11. The lowest BCUT2D eigenvalue weighted by molar-refractivity contribution is 0.298. The highest BCUT2D eigenvalue weighted by molar-refractivity contribution is 5.43. The van der Waals surface area contributed by atoms with Crippen molar-refractivity contribution in [2.24, 2.45) is 0 Å². The smallest absolute Gasteiger partial charge is 0.259 e. The number of ether oxygens (including phenoxy) is 1. The number of phenolic OH excluding ortho intramolecular Hbond substituents is 1. The van der Waals surface area contributed by atoms with Gasteiger partial charge >= 0.3 is 0 Å². The number of aromatic nitrogens is 1. The lowest BCUT2D eigenvalue weighted by Gasteiger charge is -2.14. The molecular formula is C19H13F4NO3. The number of nitrogens with zero attached hydrogens (tertiary/aromatic N) is 1. The third-order valence-corrected chi connectivity index (χ3v) is 3.82. The molecule has 3 aromatic rings. The van der Waals surface area contributed by atoms with Crippen LogP contribution < -0.4 is 10.3 Å². The first-order chi connectivity index (χ1) is 12.8. The third kappa shape index (κ3) is 3.79. The number of pyridine rings is 1. The summed E-state index contributed by atoms with van der Waals surface area (Å²) in [5.41, 5.74) is -1.19.